The predicted molar refractivity (Wildman–Crippen MR) is 86.5 cm³/mol. The van der Waals surface area contributed by atoms with Crippen molar-refractivity contribution < 1.29 is 8.42 Å². The smallest absolute Gasteiger partial charge is 0.152 e. The second-order valence-corrected chi connectivity index (χ2v) is 7.98. The van der Waals surface area contributed by atoms with Crippen molar-refractivity contribution in [2.45, 2.75) is 19.4 Å². The van der Waals surface area contributed by atoms with E-state index in [1.807, 2.05) is 37.3 Å². The van der Waals surface area contributed by atoms with Gasteiger partial charge in [0.15, 0.2) is 9.84 Å². The first-order chi connectivity index (χ1) is 10.5. The van der Waals surface area contributed by atoms with Gasteiger partial charge in [-0.15, -0.1) is 0 Å². The Hall–Kier alpha value is -1.95. The lowest BCUT2D eigenvalue weighted by Crippen LogP contribution is -2.26. The van der Waals surface area contributed by atoms with E-state index in [1.54, 1.807) is 12.3 Å². The Bertz CT molecular complexity index is 747. The highest BCUT2D eigenvalue weighted by atomic mass is 32.2. The summed E-state index contributed by atoms with van der Waals surface area (Å²) in [5.41, 5.74) is 1.15. The standard InChI is InChI=1S/C16H19N3O2S/c1-12-10-22(20,21)11-14(12)18-15-7-8-17-16(19-15)9-13-5-3-2-4-6-13/h2-8,12,14H,9-11H2,1H3,(H,17,18,19)/t12-,14+/m0/s1. The molecule has 0 aliphatic carbocycles. The number of nitrogens with one attached hydrogen (secondary N) is 1. The van der Waals surface area contributed by atoms with E-state index in [0.29, 0.717) is 12.2 Å². The first kappa shape index (κ1) is 15.0. The quantitative estimate of drug-likeness (QED) is 0.932. The molecule has 1 aliphatic heterocycles. The van der Waals surface area contributed by atoms with Gasteiger partial charge in [-0.3, -0.25) is 0 Å². The third-order valence-electron chi connectivity index (χ3n) is 3.88. The van der Waals surface area contributed by atoms with Crippen molar-refractivity contribution >= 4 is 15.7 Å². The molecule has 2 atom stereocenters. The maximum atomic E-state index is 11.7. The topological polar surface area (TPSA) is 72.0 Å². The average Bonchev–Trinajstić information content (AvgIpc) is 2.73. The lowest BCUT2D eigenvalue weighted by atomic mass is 10.1. The van der Waals surface area contributed by atoms with Crippen LogP contribution in [0, 0.1) is 5.92 Å². The number of rotatable bonds is 4. The van der Waals surface area contributed by atoms with Crippen molar-refractivity contribution in [2.24, 2.45) is 5.92 Å². The van der Waals surface area contributed by atoms with Crippen molar-refractivity contribution in [1.29, 1.82) is 0 Å². The van der Waals surface area contributed by atoms with Crippen molar-refractivity contribution in [2.75, 3.05) is 16.8 Å². The van der Waals surface area contributed by atoms with E-state index in [0.717, 1.165) is 11.4 Å². The minimum atomic E-state index is -2.93. The molecule has 1 aromatic heterocycles. The van der Waals surface area contributed by atoms with Crippen molar-refractivity contribution in [3.63, 3.8) is 0 Å². The van der Waals surface area contributed by atoms with Crippen LogP contribution in [-0.2, 0) is 16.3 Å². The van der Waals surface area contributed by atoms with Gasteiger partial charge in [-0.1, -0.05) is 37.3 Å². The zero-order valence-electron chi connectivity index (χ0n) is 12.4. The predicted octanol–water partition coefficient (Wildman–Crippen LogP) is 1.91. The largest absolute Gasteiger partial charge is 0.366 e. The molecule has 0 radical (unpaired) electrons. The third-order valence-corrected chi connectivity index (χ3v) is 5.78. The van der Waals surface area contributed by atoms with Gasteiger partial charge in [-0.2, -0.15) is 0 Å². The lowest BCUT2D eigenvalue weighted by Gasteiger charge is -2.16. The van der Waals surface area contributed by atoms with Crippen molar-refractivity contribution in [1.82, 2.24) is 9.97 Å². The fourth-order valence-electron chi connectivity index (χ4n) is 2.74. The second kappa shape index (κ2) is 6.04. The number of hydrogen-bond donors (Lipinski definition) is 1. The van der Waals surface area contributed by atoms with Crippen LogP contribution in [0.3, 0.4) is 0 Å². The van der Waals surface area contributed by atoms with E-state index in [-0.39, 0.29) is 23.5 Å². The van der Waals surface area contributed by atoms with Gasteiger partial charge < -0.3 is 5.32 Å². The summed E-state index contributed by atoms with van der Waals surface area (Å²) in [4.78, 5) is 8.78. The summed E-state index contributed by atoms with van der Waals surface area (Å²) in [6.07, 6.45) is 2.37. The molecule has 0 amide bonds. The summed E-state index contributed by atoms with van der Waals surface area (Å²) in [7, 11) is -2.93. The molecule has 2 heterocycles. The number of benzene rings is 1. The summed E-state index contributed by atoms with van der Waals surface area (Å²) in [6.45, 7) is 1.95. The highest BCUT2D eigenvalue weighted by molar-refractivity contribution is 7.91. The number of hydrogen-bond acceptors (Lipinski definition) is 5. The normalized spacial score (nSPS) is 23.3. The Morgan fingerprint density at radius 3 is 2.64 bits per heavy atom. The van der Waals surface area contributed by atoms with Crippen molar-refractivity contribution in [3.8, 4) is 0 Å². The zero-order chi connectivity index (χ0) is 15.6. The second-order valence-electron chi connectivity index (χ2n) is 5.83. The molecule has 5 nitrogen and oxygen atoms in total. The minimum Gasteiger partial charge on any atom is -0.366 e. The van der Waals surface area contributed by atoms with Gasteiger partial charge in [-0.25, -0.2) is 18.4 Å². The van der Waals surface area contributed by atoms with E-state index < -0.39 is 9.84 Å². The fourth-order valence-corrected chi connectivity index (χ4v) is 4.87. The van der Waals surface area contributed by atoms with Gasteiger partial charge in [0.25, 0.3) is 0 Å². The van der Waals surface area contributed by atoms with Crippen LogP contribution >= 0.6 is 0 Å². The molecule has 1 aliphatic rings. The van der Waals surface area contributed by atoms with E-state index in [9.17, 15) is 8.42 Å². The highest BCUT2D eigenvalue weighted by Crippen LogP contribution is 2.22. The molecule has 0 saturated carbocycles. The molecule has 1 fully saturated rings. The molecule has 1 N–H and O–H groups in total. The summed E-state index contributed by atoms with van der Waals surface area (Å²) in [5.74, 6) is 1.93. The summed E-state index contributed by atoms with van der Waals surface area (Å²) >= 11 is 0. The Morgan fingerprint density at radius 1 is 1.18 bits per heavy atom. The minimum absolute atomic E-state index is 0.0792. The van der Waals surface area contributed by atoms with Crippen LogP contribution in [0.2, 0.25) is 0 Å². The van der Waals surface area contributed by atoms with Crippen LogP contribution in [0.15, 0.2) is 42.6 Å². The Morgan fingerprint density at radius 2 is 1.95 bits per heavy atom. The molecule has 0 unspecified atom stereocenters. The number of nitrogens with zero attached hydrogens (tertiary/aromatic N) is 2. The van der Waals surface area contributed by atoms with Gasteiger partial charge >= 0.3 is 0 Å². The number of sulfone groups is 1. The van der Waals surface area contributed by atoms with Crippen LogP contribution in [0.4, 0.5) is 5.82 Å². The third kappa shape index (κ3) is 3.62. The highest BCUT2D eigenvalue weighted by Gasteiger charge is 2.34. The molecular weight excluding hydrogens is 298 g/mol. The first-order valence-corrected chi connectivity index (χ1v) is 9.17. The monoisotopic (exact) mass is 317 g/mol. The fraction of sp³-hybridized carbons (Fsp3) is 0.375. The van der Waals surface area contributed by atoms with Crippen LogP contribution < -0.4 is 5.32 Å². The Balaban J connectivity index is 1.72. The maximum absolute atomic E-state index is 11.7. The molecule has 6 heteroatoms. The van der Waals surface area contributed by atoms with E-state index in [2.05, 4.69) is 15.3 Å². The van der Waals surface area contributed by atoms with Crippen LogP contribution in [0.25, 0.3) is 0 Å². The van der Waals surface area contributed by atoms with Gasteiger partial charge in [0.2, 0.25) is 0 Å². The van der Waals surface area contributed by atoms with Gasteiger partial charge in [-0.05, 0) is 17.5 Å². The van der Waals surface area contributed by atoms with Gasteiger partial charge in [0.1, 0.15) is 11.6 Å². The molecule has 0 bridgehead atoms. The van der Waals surface area contributed by atoms with Gasteiger partial charge in [0, 0.05) is 18.7 Å². The van der Waals surface area contributed by atoms with Gasteiger partial charge in [0.05, 0.1) is 11.5 Å². The molecule has 116 valence electrons. The first-order valence-electron chi connectivity index (χ1n) is 7.35. The molecule has 3 rings (SSSR count). The van der Waals surface area contributed by atoms with E-state index >= 15 is 0 Å². The zero-order valence-corrected chi connectivity index (χ0v) is 13.3. The van der Waals surface area contributed by atoms with Crippen LogP contribution in [-0.4, -0.2) is 35.9 Å². The SMILES string of the molecule is C[C@H]1CS(=O)(=O)C[C@H]1Nc1ccnc(Cc2ccccc2)n1. The average molecular weight is 317 g/mol. The molecule has 2 aromatic rings. The van der Waals surface area contributed by atoms with Crippen LogP contribution in [0.1, 0.15) is 18.3 Å². The summed E-state index contributed by atoms with van der Waals surface area (Å²) < 4.78 is 23.4. The number of anilines is 1. The summed E-state index contributed by atoms with van der Waals surface area (Å²) in [6, 6.07) is 11.7. The molecule has 1 saturated heterocycles. The molecule has 1 aromatic carbocycles. The number of aromatic nitrogens is 2. The molecule has 22 heavy (non-hydrogen) atoms. The van der Waals surface area contributed by atoms with Crippen LogP contribution in [0.5, 0.6) is 0 Å². The van der Waals surface area contributed by atoms with E-state index in [1.165, 1.54) is 0 Å². The molecular formula is C16H19N3O2S. The Labute approximate surface area is 130 Å². The van der Waals surface area contributed by atoms with Crippen molar-refractivity contribution in [3.05, 3.63) is 54.0 Å². The summed E-state index contributed by atoms with van der Waals surface area (Å²) in [5, 5.41) is 3.24. The maximum Gasteiger partial charge on any atom is 0.152 e. The Kier molecular flexibility index (Phi) is 4.11. The molecule has 0 spiro atoms. The lowest BCUT2D eigenvalue weighted by molar-refractivity contribution is 0.591. The van der Waals surface area contributed by atoms with E-state index in [4.69, 9.17) is 0 Å².